The molecule has 0 aromatic heterocycles. The zero-order valence-corrected chi connectivity index (χ0v) is 10.2. The molecule has 2 amide bonds. The number of hydrogen-bond donors (Lipinski definition) is 2. The van der Waals surface area contributed by atoms with Crippen LogP contribution >= 0.6 is 0 Å². The largest absolute Gasteiger partial charge is 0.481 e. The molecule has 1 heterocycles. The van der Waals surface area contributed by atoms with Crippen molar-refractivity contribution in [3.8, 4) is 6.07 Å². The Labute approximate surface area is 110 Å². The van der Waals surface area contributed by atoms with Crippen LogP contribution in [0.4, 0.5) is 10.5 Å². The lowest BCUT2D eigenvalue weighted by atomic mass is 10.1. The second-order valence-corrected chi connectivity index (χ2v) is 4.32. The summed E-state index contributed by atoms with van der Waals surface area (Å²) in [6.45, 7) is 0.380. The van der Waals surface area contributed by atoms with Crippen molar-refractivity contribution in [2.45, 2.75) is 18.9 Å². The van der Waals surface area contributed by atoms with Gasteiger partial charge in [0.05, 0.1) is 11.3 Å². The smallest absolute Gasteiger partial charge is 0.322 e. The van der Waals surface area contributed by atoms with Crippen LogP contribution in [0.5, 0.6) is 0 Å². The number of aliphatic carboxylic acids is 1. The molecule has 6 heteroatoms. The summed E-state index contributed by atoms with van der Waals surface area (Å²) in [7, 11) is 0. The number of urea groups is 1. The number of benzene rings is 1. The van der Waals surface area contributed by atoms with Gasteiger partial charge in [-0.3, -0.25) is 9.69 Å². The third-order valence-corrected chi connectivity index (χ3v) is 3.00. The van der Waals surface area contributed by atoms with Gasteiger partial charge in [0.25, 0.3) is 0 Å². The van der Waals surface area contributed by atoms with Gasteiger partial charge < -0.3 is 10.4 Å². The fraction of sp³-hybridized carbons (Fsp3) is 0.308. The summed E-state index contributed by atoms with van der Waals surface area (Å²) in [6, 6.07) is 8.39. The highest BCUT2D eigenvalue weighted by molar-refractivity contribution is 5.95. The highest BCUT2D eigenvalue weighted by Gasteiger charge is 2.30. The van der Waals surface area contributed by atoms with E-state index >= 15 is 0 Å². The monoisotopic (exact) mass is 259 g/mol. The van der Waals surface area contributed by atoms with Gasteiger partial charge in [-0.2, -0.15) is 5.26 Å². The molecule has 1 atom stereocenters. The standard InChI is InChI=1S/C13H13N3O3/c14-7-9-3-1-2-4-11(9)16-8-10(15-13(16)19)5-6-12(17)18/h1-4,10H,5-6,8H2,(H,15,19)(H,17,18). The quantitative estimate of drug-likeness (QED) is 0.852. The molecule has 19 heavy (non-hydrogen) atoms. The fourth-order valence-corrected chi connectivity index (χ4v) is 2.07. The van der Waals surface area contributed by atoms with Crippen LogP contribution in [-0.4, -0.2) is 29.7 Å². The molecule has 1 saturated heterocycles. The first kappa shape index (κ1) is 12.9. The Morgan fingerprint density at radius 2 is 2.26 bits per heavy atom. The van der Waals surface area contributed by atoms with Gasteiger partial charge in [-0.1, -0.05) is 12.1 Å². The van der Waals surface area contributed by atoms with Gasteiger partial charge in [-0.15, -0.1) is 0 Å². The van der Waals surface area contributed by atoms with Gasteiger partial charge in [0.15, 0.2) is 0 Å². The first-order valence-electron chi connectivity index (χ1n) is 5.90. The van der Waals surface area contributed by atoms with Crippen LogP contribution in [0, 0.1) is 11.3 Å². The highest BCUT2D eigenvalue weighted by atomic mass is 16.4. The fourth-order valence-electron chi connectivity index (χ4n) is 2.07. The summed E-state index contributed by atoms with van der Waals surface area (Å²) >= 11 is 0. The number of nitrogens with one attached hydrogen (secondary N) is 1. The van der Waals surface area contributed by atoms with Crippen LogP contribution in [0.1, 0.15) is 18.4 Å². The number of para-hydroxylation sites is 1. The van der Waals surface area contributed by atoms with Crippen molar-refractivity contribution >= 4 is 17.7 Å². The third-order valence-electron chi connectivity index (χ3n) is 3.00. The summed E-state index contributed by atoms with van der Waals surface area (Å²) in [5.74, 6) is -0.884. The number of carboxylic acids is 1. The van der Waals surface area contributed by atoms with E-state index in [0.717, 1.165) is 0 Å². The number of amides is 2. The lowest BCUT2D eigenvalue weighted by molar-refractivity contribution is -0.137. The lowest BCUT2D eigenvalue weighted by Crippen LogP contribution is -2.29. The van der Waals surface area contributed by atoms with E-state index in [1.54, 1.807) is 24.3 Å². The van der Waals surface area contributed by atoms with Gasteiger partial charge in [-0.05, 0) is 18.6 Å². The van der Waals surface area contributed by atoms with E-state index in [2.05, 4.69) is 5.32 Å². The van der Waals surface area contributed by atoms with Gasteiger partial charge in [0, 0.05) is 19.0 Å². The minimum Gasteiger partial charge on any atom is -0.481 e. The van der Waals surface area contributed by atoms with Crippen LogP contribution in [0.15, 0.2) is 24.3 Å². The highest BCUT2D eigenvalue weighted by Crippen LogP contribution is 2.23. The van der Waals surface area contributed by atoms with Crippen LogP contribution in [0.2, 0.25) is 0 Å². The van der Waals surface area contributed by atoms with Crippen LogP contribution in [0.3, 0.4) is 0 Å². The number of carboxylic acid groups (broad SMARTS) is 1. The third kappa shape index (κ3) is 2.83. The Bertz CT molecular complexity index is 550. The summed E-state index contributed by atoms with van der Waals surface area (Å²) in [4.78, 5) is 23.9. The van der Waals surface area contributed by atoms with Gasteiger partial charge in [0.1, 0.15) is 6.07 Å². The minimum atomic E-state index is -0.884. The van der Waals surface area contributed by atoms with E-state index in [0.29, 0.717) is 24.2 Å². The Balaban J connectivity index is 2.12. The molecular weight excluding hydrogens is 246 g/mol. The molecule has 1 unspecified atom stereocenters. The summed E-state index contributed by atoms with van der Waals surface area (Å²) in [5, 5.41) is 20.4. The molecule has 6 nitrogen and oxygen atoms in total. The van der Waals surface area contributed by atoms with Crippen LogP contribution in [-0.2, 0) is 4.79 Å². The molecular formula is C13H13N3O3. The molecule has 0 radical (unpaired) electrons. The average Bonchev–Trinajstić information content (AvgIpc) is 2.77. The first-order chi connectivity index (χ1) is 9.11. The topological polar surface area (TPSA) is 93.4 Å². The van der Waals surface area contributed by atoms with Crippen LogP contribution < -0.4 is 10.2 Å². The van der Waals surface area contributed by atoms with Gasteiger partial charge >= 0.3 is 12.0 Å². The predicted molar refractivity (Wildman–Crippen MR) is 67.7 cm³/mol. The maximum Gasteiger partial charge on any atom is 0.322 e. The van der Waals surface area contributed by atoms with Gasteiger partial charge in [0.2, 0.25) is 0 Å². The molecule has 1 aliphatic rings. The first-order valence-corrected chi connectivity index (χ1v) is 5.90. The molecule has 1 aliphatic heterocycles. The molecule has 2 rings (SSSR count). The van der Waals surface area contributed by atoms with Crippen molar-refractivity contribution in [3.63, 3.8) is 0 Å². The van der Waals surface area contributed by atoms with Crippen LogP contribution in [0.25, 0.3) is 0 Å². The molecule has 0 bridgehead atoms. The normalized spacial score (nSPS) is 17.9. The minimum absolute atomic E-state index is 0.0126. The predicted octanol–water partition coefficient (Wildman–Crippen LogP) is 1.32. The van der Waals surface area contributed by atoms with E-state index in [-0.39, 0.29) is 18.5 Å². The number of carbonyl (C=O) groups excluding carboxylic acids is 1. The lowest BCUT2D eigenvalue weighted by Gasteiger charge is -2.15. The molecule has 0 saturated carbocycles. The van der Waals surface area contributed by atoms with E-state index in [1.165, 1.54) is 4.90 Å². The molecule has 0 aliphatic carbocycles. The summed E-state index contributed by atoms with van der Waals surface area (Å²) in [5.41, 5.74) is 0.983. The number of hydrogen-bond acceptors (Lipinski definition) is 3. The zero-order valence-electron chi connectivity index (χ0n) is 10.2. The van der Waals surface area contributed by atoms with Crippen molar-refractivity contribution < 1.29 is 14.7 Å². The second kappa shape index (κ2) is 5.40. The molecule has 1 fully saturated rings. The molecule has 2 N–H and O–H groups in total. The molecule has 0 spiro atoms. The molecule has 1 aromatic carbocycles. The average molecular weight is 259 g/mol. The van der Waals surface area contributed by atoms with E-state index in [1.807, 2.05) is 6.07 Å². The van der Waals surface area contributed by atoms with Crippen molar-refractivity contribution in [1.82, 2.24) is 5.32 Å². The van der Waals surface area contributed by atoms with Crippen molar-refractivity contribution in [3.05, 3.63) is 29.8 Å². The Kier molecular flexibility index (Phi) is 3.66. The van der Waals surface area contributed by atoms with Gasteiger partial charge in [-0.25, -0.2) is 4.79 Å². The maximum atomic E-state index is 11.9. The SMILES string of the molecule is N#Cc1ccccc1N1CC(CCC(=O)O)NC1=O. The van der Waals surface area contributed by atoms with E-state index in [4.69, 9.17) is 10.4 Å². The maximum absolute atomic E-state index is 11.9. The zero-order chi connectivity index (χ0) is 13.8. The molecule has 1 aromatic rings. The number of carbonyl (C=O) groups is 2. The van der Waals surface area contributed by atoms with E-state index in [9.17, 15) is 9.59 Å². The summed E-state index contributed by atoms with van der Waals surface area (Å²) in [6.07, 6.45) is 0.394. The Morgan fingerprint density at radius 1 is 1.53 bits per heavy atom. The summed E-state index contributed by atoms with van der Waals surface area (Å²) < 4.78 is 0. The number of rotatable bonds is 4. The van der Waals surface area contributed by atoms with Crippen molar-refractivity contribution in [2.24, 2.45) is 0 Å². The van der Waals surface area contributed by atoms with E-state index < -0.39 is 5.97 Å². The number of nitriles is 1. The van der Waals surface area contributed by atoms with Crippen molar-refractivity contribution in [2.75, 3.05) is 11.4 Å². The number of nitrogens with zero attached hydrogens (tertiary/aromatic N) is 2. The van der Waals surface area contributed by atoms with Crippen molar-refractivity contribution in [1.29, 1.82) is 5.26 Å². The molecule has 98 valence electrons. The Morgan fingerprint density at radius 3 is 2.95 bits per heavy atom. The Hall–Kier alpha value is -2.55. The second-order valence-electron chi connectivity index (χ2n) is 4.32. The number of anilines is 1.